The molecule has 102 valence electrons. The van der Waals surface area contributed by atoms with Crippen LogP contribution in [-0.4, -0.2) is 10.1 Å². The first-order chi connectivity index (χ1) is 9.63. The topological polar surface area (TPSA) is 33.1 Å². The Labute approximate surface area is 139 Å². The van der Waals surface area contributed by atoms with Crippen molar-refractivity contribution in [1.29, 1.82) is 0 Å². The molecule has 3 aromatic rings. The summed E-state index contributed by atoms with van der Waals surface area (Å²) in [6.07, 6.45) is -0.0685. The van der Waals surface area contributed by atoms with Gasteiger partial charge in [-0.25, -0.2) is 4.98 Å². The fourth-order valence-electron chi connectivity index (χ4n) is 2.01. The Morgan fingerprint density at radius 2 is 2.05 bits per heavy atom. The normalized spacial score (nSPS) is 12.8. The van der Waals surface area contributed by atoms with Gasteiger partial charge >= 0.3 is 0 Å². The van der Waals surface area contributed by atoms with Crippen LogP contribution in [0.15, 0.2) is 42.5 Å². The van der Waals surface area contributed by atoms with Gasteiger partial charge in [0.1, 0.15) is 0 Å². The van der Waals surface area contributed by atoms with Gasteiger partial charge in [0.15, 0.2) is 0 Å². The molecule has 0 aliphatic carbocycles. The van der Waals surface area contributed by atoms with E-state index in [1.165, 1.54) is 0 Å². The quantitative estimate of drug-likeness (QED) is 0.622. The Hall–Kier alpha value is -0.690. The van der Waals surface area contributed by atoms with E-state index in [4.69, 9.17) is 11.6 Å². The largest absolute Gasteiger partial charge is 0.388 e. The van der Waals surface area contributed by atoms with E-state index in [2.05, 4.69) is 27.6 Å². The van der Waals surface area contributed by atoms with Crippen molar-refractivity contribution in [2.75, 3.05) is 0 Å². The fourth-order valence-corrected chi connectivity index (χ4v) is 3.54. The molecule has 1 N–H and O–H groups in total. The summed E-state index contributed by atoms with van der Waals surface area (Å²) in [6.45, 7) is 0. The number of benzene rings is 2. The number of aliphatic hydroxyl groups excluding tert-OH is 1. The molecule has 1 heterocycles. The van der Waals surface area contributed by atoms with Crippen molar-refractivity contribution in [3.8, 4) is 0 Å². The van der Waals surface area contributed by atoms with Gasteiger partial charge < -0.3 is 5.11 Å². The first-order valence-corrected chi connectivity index (χ1v) is 8.38. The van der Waals surface area contributed by atoms with Gasteiger partial charge in [0.2, 0.25) is 0 Å². The van der Waals surface area contributed by atoms with Crippen LogP contribution in [0.3, 0.4) is 0 Å². The number of aromatic nitrogens is 1. The molecule has 0 amide bonds. The monoisotopic (exact) mass is 415 g/mol. The van der Waals surface area contributed by atoms with Crippen LogP contribution < -0.4 is 0 Å². The number of hydrogen-bond acceptors (Lipinski definition) is 3. The lowest BCUT2D eigenvalue weighted by Crippen LogP contribution is -2.01. The van der Waals surface area contributed by atoms with Crippen LogP contribution in [0, 0.1) is 3.57 Å². The van der Waals surface area contributed by atoms with E-state index in [1.807, 2.05) is 42.5 Å². The van der Waals surface area contributed by atoms with E-state index in [-0.39, 0.29) is 0 Å². The molecule has 0 spiro atoms. The average molecular weight is 416 g/mol. The van der Waals surface area contributed by atoms with Gasteiger partial charge in [0.05, 0.1) is 26.4 Å². The maximum Gasteiger partial charge on any atom is 0.0967 e. The third kappa shape index (κ3) is 2.98. The van der Waals surface area contributed by atoms with Crippen molar-refractivity contribution in [2.45, 2.75) is 12.5 Å². The zero-order chi connectivity index (χ0) is 14.1. The first kappa shape index (κ1) is 14.3. The summed E-state index contributed by atoms with van der Waals surface area (Å²) in [5.41, 5.74) is 1.81. The molecule has 1 atom stereocenters. The molecule has 0 saturated heterocycles. The number of nitrogens with zero attached hydrogens (tertiary/aromatic N) is 1. The van der Waals surface area contributed by atoms with Crippen molar-refractivity contribution >= 4 is 55.7 Å². The molecule has 3 rings (SSSR count). The molecule has 0 fully saturated rings. The van der Waals surface area contributed by atoms with E-state index in [0.717, 1.165) is 24.4 Å². The Morgan fingerprint density at radius 1 is 1.25 bits per heavy atom. The third-order valence-corrected chi connectivity index (χ3v) is 5.67. The number of fused-ring (bicyclic) bond motifs is 1. The summed E-state index contributed by atoms with van der Waals surface area (Å²) in [5, 5.41) is 11.9. The van der Waals surface area contributed by atoms with Crippen LogP contribution in [0.2, 0.25) is 5.02 Å². The van der Waals surface area contributed by atoms with E-state index >= 15 is 0 Å². The summed E-state index contributed by atoms with van der Waals surface area (Å²) in [5.74, 6) is 0. The summed E-state index contributed by atoms with van der Waals surface area (Å²) in [6, 6.07) is 13.7. The lowest BCUT2D eigenvalue weighted by atomic mass is 10.1. The van der Waals surface area contributed by atoms with Gasteiger partial charge in [-0.1, -0.05) is 29.8 Å². The maximum atomic E-state index is 10.3. The lowest BCUT2D eigenvalue weighted by Gasteiger charge is -2.10. The van der Waals surface area contributed by atoms with Gasteiger partial charge in [-0.2, -0.15) is 0 Å². The predicted octanol–water partition coefficient (Wildman–Crippen LogP) is 4.83. The highest BCUT2D eigenvalue weighted by Crippen LogP contribution is 2.28. The molecule has 0 bridgehead atoms. The van der Waals surface area contributed by atoms with E-state index < -0.39 is 6.10 Å². The molecule has 1 unspecified atom stereocenters. The van der Waals surface area contributed by atoms with Gasteiger partial charge in [-0.3, -0.25) is 0 Å². The van der Waals surface area contributed by atoms with Crippen LogP contribution in [0.1, 0.15) is 16.7 Å². The highest BCUT2D eigenvalue weighted by Gasteiger charge is 2.13. The molecule has 1 aromatic heterocycles. The van der Waals surface area contributed by atoms with Crippen molar-refractivity contribution in [3.05, 3.63) is 61.6 Å². The molecule has 0 aliphatic rings. The summed E-state index contributed by atoms with van der Waals surface area (Å²) in [7, 11) is 0. The van der Waals surface area contributed by atoms with Crippen molar-refractivity contribution in [2.24, 2.45) is 0 Å². The number of para-hydroxylation sites is 1. The van der Waals surface area contributed by atoms with Crippen LogP contribution in [0.4, 0.5) is 0 Å². The molecule has 5 heteroatoms. The minimum atomic E-state index is -0.579. The zero-order valence-corrected chi connectivity index (χ0v) is 14.1. The van der Waals surface area contributed by atoms with Crippen molar-refractivity contribution < 1.29 is 5.11 Å². The van der Waals surface area contributed by atoms with Crippen molar-refractivity contribution in [3.63, 3.8) is 0 Å². The zero-order valence-electron chi connectivity index (χ0n) is 10.4. The minimum absolute atomic E-state index is 0.510. The summed E-state index contributed by atoms with van der Waals surface area (Å²) >= 11 is 9.89. The number of halogens is 2. The second-order valence-corrected chi connectivity index (χ2v) is 7.15. The second kappa shape index (κ2) is 5.97. The number of thiazole rings is 1. The van der Waals surface area contributed by atoms with Crippen LogP contribution >= 0.6 is 45.5 Å². The molecular formula is C15H11ClINOS. The highest BCUT2D eigenvalue weighted by molar-refractivity contribution is 14.1. The number of aliphatic hydroxyl groups is 1. The van der Waals surface area contributed by atoms with Crippen molar-refractivity contribution in [1.82, 2.24) is 4.98 Å². The number of hydrogen-bond donors (Lipinski definition) is 1. The summed E-state index contributed by atoms with van der Waals surface area (Å²) < 4.78 is 2.13. The van der Waals surface area contributed by atoms with Crippen LogP contribution in [-0.2, 0) is 6.42 Å². The number of rotatable bonds is 3. The first-order valence-electron chi connectivity index (χ1n) is 6.11. The minimum Gasteiger partial charge on any atom is -0.388 e. The van der Waals surface area contributed by atoms with E-state index in [9.17, 15) is 5.11 Å². The van der Waals surface area contributed by atoms with Crippen LogP contribution in [0.5, 0.6) is 0 Å². The van der Waals surface area contributed by atoms with Gasteiger partial charge in [0, 0.05) is 9.99 Å². The highest BCUT2D eigenvalue weighted by atomic mass is 127. The Kier molecular flexibility index (Phi) is 4.26. The summed E-state index contributed by atoms with van der Waals surface area (Å²) in [4.78, 5) is 4.54. The molecule has 0 aliphatic heterocycles. The van der Waals surface area contributed by atoms with E-state index in [1.54, 1.807) is 11.3 Å². The molecule has 2 nitrogen and oxygen atoms in total. The molecular weight excluding hydrogens is 405 g/mol. The SMILES string of the molecule is OC(Cc1nc2ccccc2s1)c1ccc(I)c(Cl)c1. The average Bonchev–Trinajstić information content (AvgIpc) is 2.83. The Bertz CT molecular complexity index is 725. The smallest absolute Gasteiger partial charge is 0.0967 e. The fraction of sp³-hybridized carbons (Fsp3) is 0.133. The molecule has 0 radical (unpaired) electrons. The Balaban J connectivity index is 1.84. The molecule has 20 heavy (non-hydrogen) atoms. The Morgan fingerprint density at radius 3 is 2.80 bits per heavy atom. The van der Waals surface area contributed by atoms with Gasteiger partial charge in [-0.15, -0.1) is 11.3 Å². The maximum absolute atomic E-state index is 10.3. The van der Waals surface area contributed by atoms with Crippen LogP contribution in [0.25, 0.3) is 10.2 Å². The predicted molar refractivity (Wildman–Crippen MR) is 92.5 cm³/mol. The lowest BCUT2D eigenvalue weighted by molar-refractivity contribution is 0.178. The van der Waals surface area contributed by atoms with Gasteiger partial charge in [0.25, 0.3) is 0 Å². The molecule has 2 aromatic carbocycles. The third-order valence-electron chi connectivity index (χ3n) is 3.03. The second-order valence-electron chi connectivity index (χ2n) is 4.47. The van der Waals surface area contributed by atoms with Gasteiger partial charge in [-0.05, 0) is 52.4 Å². The standard InChI is InChI=1S/C15H11ClINOS/c16-10-7-9(5-6-11(10)17)13(19)8-15-18-12-3-1-2-4-14(12)20-15/h1-7,13,19H,8H2. The molecule has 0 saturated carbocycles. The van der Waals surface area contributed by atoms with E-state index in [0.29, 0.717) is 11.4 Å².